The van der Waals surface area contributed by atoms with Crippen molar-refractivity contribution < 1.29 is 0 Å². The molecule has 0 unspecified atom stereocenters. The number of alkyl halides is 1. The van der Waals surface area contributed by atoms with Crippen LogP contribution in [-0.2, 0) is 0 Å². The van der Waals surface area contributed by atoms with Crippen molar-refractivity contribution in [2.45, 2.75) is 13.3 Å². The second kappa shape index (κ2) is 5.07. The Labute approximate surface area is 87.8 Å². The molecule has 0 bridgehead atoms. The van der Waals surface area contributed by atoms with E-state index in [1.807, 2.05) is 12.1 Å². The molecule has 0 saturated heterocycles. The van der Waals surface area contributed by atoms with Gasteiger partial charge in [0, 0.05) is 11.0 Å². The van der Waals surface area contributed by atoms with Crippen LogP contribution < -0.4 is 5.73 Å². The summed E-state index contributed by atoms with van der Waals surface area (Å²) in [6, 6.07) is 6.08. The summed E-state index contributed by atoms with van der Waals surface area (Å²) in [4.78, 5) is 0. The van der Waals surface area contributed by atoms with Crippen molar-refractivity contribution in [1.82, 2.24) is 0 Å². The highest BCUT2D eigenvalue weighted by Crippen LogP contribution is 2.12. The number of rotatable bonds is 3. The molecule has 0 spiro atoms. The Balaban J connectivity index is 2.77. The van der Waals surface area contributed by atoms with Crippen LogP contribution in [0.3, 0.4) is 0 Å². The van der Waals surface area contributed by atoms with Gasteiger partial charge in [0.05, 0.1) is 0 Å². The van der Waals surface area contributed by atoms with Crippen molar-refractivity contribution in [3.8, 4) is 0 Å². The minimum absolute atomic E-state index is 0.832. The lowest BCUT2D eigenvalue weighted by atomic mass is 10.1. The van der Waals surface area contributed by atoms with Gasteiger partial charge in [-0.2, -0.15) is 0 Å². The molecule has 2 N–H and O–H groups in total. The number of benzene rings is 1. The predicted molar refractivity (Wildman–Crippen MR) is 63.0 cm³/mol. The van der Waals surface area contributed by atoms with Crippen molar-refractivity contribution >= 4 is 27.7 Å². The largest absolute Gasteiger partial charge is 0.399 e. The fourth-order valence-corrected chi connectivity index (χ4v) is 1.49. The smallest absolute Gasteiger partial charge is 0.0322 e. The van der Waals surface area contributed by atoms with Crippen LogP contribution in [0.4, 0.5) is 5.69 Å². The Morgan fingerprint density at radius 3 is 2.77 bits per heavy atom. The Morgan fingerprint density at radius 2 is 2.15 bits per heavy atom. The summed E-state index contributed by atoms with van der Waals surface area (Å²) < 4.78 is 0. The number of hydrogen-bond donors (Lipinski definition) is 1. The minimum atomic E-state index is 0.832. The lowest BCUT2D eigenvalue weighted by Crippen LogP contribution is -1.86. The molecule has 0 aliphatic heterocycles. The van der Waals surface area contributed by atoms with Gasteiger partial charge in [0.25, 0.3) is 0 Å². The molecular formula is C11H14BrN. The average Bonchev–Trinajstić information content (AvgIpc) is 2.03. The molecular weight excluding hydrogens is 226 g/mol. The first kappa shape index (κ1) is 10.3. The number of nitrogens with two attached hydrogens (primary N) is 1. The van der Waals surface area contributed by atoms with E-state index in [1.54, 1.807) is 0 Å². The van der Waals surface area contributed by atoms with E-state index in [9.17, 15) is 0 Å². The zero-order chi connectivity index (χ0) is 9.68. The van der Waals surface area contributed by atoms with Gasteiger partial charge in [-0.05, 0) is 36.6 Å². The van der Waals surface area contributed by atoms with Gasteiger partial charge in [-0.15, -0.1) is 0 Å². The van der Waals surface area contributed by atoms with Crippen molar-refractivity contribution in [2.24, 2.45) is 0 Å². The fourth-order valence-electron chi connectivity index (χ4n) is 1.22. The van der Waals surface area contributed by atoms with Gasteiger partial charge in [-0.1, -0.05) is 34.1 Å². The van der Waals surface area contributed by atoms with Crippen LogP contribution >= 0.6 is 15.9 Å². The molecule has 1 nitrogen and oxygen atoms in total. The lowest BCUT2D eigenvalue weighted by molar-refractivity contribution is 1.27. The third kappa shape index (κ3) is 3.64. The molecule has 0 amide bonds. The van der Waals surface area contributed by atoms with Crippen LogP contribution in [0.5, 0.6) is 0 Å². The number of nitrogen functional groups attached to an aromatic ring is 1. The van der Waals surface area contributed by atoms with Gasteiger partial charge in [0.1, 0.15) is 0 Å². The zero-order valence-corrected chi connectivity index (χ0v) is 9.34. The predicted octanol–water partition coefficient (Wildman–Crippen LogP) is 3.38. The Hall–Kier alpha value is -0.760. The topological polar surface area (TPSA) is 26.0 Å². The summed E-state index contributed by atoms with van der Waals surface area (Å²) in [6.07, 6.45) is 5.29. The van der Waals surface area contributed by atoms with E-state index in [0.29, 0.717) is 0 Å². The molecule has 0 radical (unpaired) electrons. The quantitative estimate of drug-likeness (QED) is 0.636. The highest BCUT2D eigenvalue weighted by molar-refractivity contribution is 9.09. The number of aryl methyl sites for hydroxylation is 1. The standard InChI is InChI=1S/C11H14BrN/c1-9-6-10(4-2-3-5-12)8-11(13)7-9/h2,4,6-8H,3,5,13H2,1H3. The monoisotopic (exact) mass is 239 g/mol. The Morgan fingerprint density at radius 1 is 1.38 bits per heavy atom. The molecule has 1 rings (SSSR count). The molecule has 1 aromatic rings. The number of allylic oxidation sites excluding steroid dienone is 1. The van der Waals surface area contributed by atoms with Crippen LogP contribution in [0, 0.1) is 6.92 Å². The highest BCUT2D eigenvalue weighted by Gasteiger charge is 1.91. The molecule has 1 aromatic carbocycles. The number of halogens is 1. The van der Waals surface area contributed by atoms with Crippen molar-refractivity contribution in [3.05, 3.63) is 35.4 Å². The summed E-state index contributed by atoms with van der Waals surface area (Å²) in [5.41, 5.74) is 8.94. The van der Waals surface area contributed by atoms with E-state index in [0.717, 1.165) is 17.4 Å². The molecule has 0 aliphatic carbocycles. The number of hydrogen-bond acceptors (Lipinski definition) is 1. The second-order valence-electron chi connectivity index (χ2n) is 3.06. The zero-order valence-electron chi connectivity index (χ0n) is 7.76. The van der Waals surface area contributed by atoms with Crippen molar-refractivity contribution in [3.63, 3.8) is 0 Å². The molecule has 0 aliphatic rings. The van der Waals surface area contributed by atoms with E-state index >= 15 is 0 Å². The molecule has 0 heterocycles. The minimum Gasteiger partial charge on any atom is -0.399 e. The summed E-state index contributed by atoms with van der Waals surface area (Å²) >= 11 is 3.38. The van der Waals surface area contributed by atoms with Crippen LogP contribution in [-0.4, -0.2) is 5.33 Å². The summed E-state index contributed by atoms with van der Waals surface area (Å²) in [5.74, 6) is 0. The molecule has 0 fully saturated rings. The first-order valence-corrected chi connectivity index (χ1v) is 5.44. The van der Waals surface area contributed by atoms with Crippen LogP contribution in [0.2, 0.25) is 0 Å². The van der Waals surface area contributed by atoms with E-state index in [1.165, 1.54) is 11.1 Å². The second-order valence-corrected chi connectivity index (χ2v) is 3.85. The number of anilines is 1. The van der Waals surface area contributed by atoms with E-state index < -0.39 is 0 Å². The van der Waals surface area contributed by atoms with Gasteiger partial charge in [-0.25, -0.2) is 0 Å². The van der Waals surface area contributed by atoms with Crippen molar-refractivity contribution in [1.29, 1.82) is 0 Å². The summed E-state index contributed by atoms with van der Waals surface area (Å²) in [7, 11) is 0. The molecule has 13 heavy (non-hydrogen) atoms. The molecule has 70 valence electrons. The van der Waals surface area contributed by atoms with E-state index in [-0.39, 0.29) is 0 Å². The first-order valence-electron chi connectivity index (χ1n) is 4.32. The molecule has 2 heteroatoms. The van der Waals surface area contributed by atoms with E-state index in [4.69, 9.17) is 5.73 Å². The maximum absolute atomic E-state index is 5.72. The summed E-state index contributed by atoms with van der Waals surface area (Å²) in [5, 5.41) is 1.00. The maximum Gasteiger partial charge on any atom is 0.0322 e. The third-order valence-corrected chi connectivity index (χ3v) is 2.17. The Kier molecular flexibility index (Phi) is 4.03. The van der Waals surface area contributed by atoms with Gasteiger partial charge >= 0.3 is 0 Å². The molecule has 0 atom stereocenters. The van der Waals surface area contributed by atoms with Gasteiger partial charge < -0.3 is 5.73 Å². The fraction of sp³-hybridized carbons (Fsp3) is 0.273. The normalized spacial score (nSPS) is 10.9. The third-order valence-electron chi connectivity index (χ3n) is 1.71. The van der Waals surface area contributed by atoms with Crippen LogP contribution in [0.1, 0.15) is 17.5 Å². The van der Waals surface area contributed by atoms with Crippen LogP contribution in [0.25, 0.3) is 6.08 Å². The Bertz CT molecular complexity index is 285. The van der Waals surface area contributed by atoms with Gasteiger partial charge in [0.2, 0.25) is 0 Å². The van der Waals surface area contributed by atoms with Gasteiger partial charge in [0.15, 0.2) is 0 Å². The lowest BCUT2D eigenvalue weighted by Gasteiger charge is -1.99. The highest BCUT2D eigenvalue weighted by atomic mass is 79.9. The molecule has 0 saturated carbocycles. The molecule has 0 aromatic heterocycles. The summed E-state index contributed by atoms with van der Waals surface area (Å²) in [6.45, 7) is 2.05. The van der Waals surface area contributed by atoms with Gasteiger partial charge in [-0.3, -0.25) is 0 Å². The van der Waals surface area contributed by atoms with E-state index in [2.05, 4.69) is 41.1 Å². The van der Waals surface area contributed by atoms with Crippen LogP contribution in [0.15, 0.2) is 24.3 Å². The van der Waals surface area contributed by atoms with Crippen molar-refractivity contribution in [2.75, 3.05) is 11.1 Å². The average molecular weight is 240 g/mol. The maximum atomic E-state index is 5.72. The SMILES string of the molecule is Cc1cc(N)cc(C=CCCBr)c1. The first-order chi connectivity index (χ1) is 6.22.